The van der Waals surface area contributed by atoms with E-state index in [1.54, 1.807) is 24.3 Å². The van der Waals surface area contributed by atoms with E-state index in [0.717, 1.165) is 37.7 Å². The summed E-state index contributed by atoms with van der Waals surface area (Å²) < 4.78 is 18.7. The van der Waals surface area contributed by atoms with E-state index in [4.69, 9.17) is 4.52 Å². The number of aryl methyl sites for hydroxylation is 2. The minimum atomic E-state index is -0.207. The summed E-state index contributed by atoms with van der Waals surface area (Å²) in [6.45, 7) is 1.98. The second kappa shape index (κ2) is 10.4. The number of carbonyl (C=O) groups is 1. The molecular weight excluding hydrogens is 417 g/mol. The molecule has 0 radical (unpaired) electrons. The van der Waals surface area contributed by atoms with Crippen molar-refractivity contribution in [1.29, 1.82) is 0 Å². The van der Waals surface area contributed by atoms with Crippen LogP contribution in [0.4, 0.5) is 4.39 Å². The standard InChI is InChI=1S/C27H32FN3O2/c1-18-4-9-22(10-5-18)26(32)27-29-24(33-30-27)17-8-19-6-11-20(12-7-19)25(31(2)3)21-13-15-23(28)16-14-21/h4-5,9-10,13-16,19-20,25H,6-8,11-12,17H2,1-3H3. The Morgan fingerprint density at radius 3 is 2.36 bits per heavy atom. The maximum Gasteiger partial charge on any atom is 0.243 e. The molecule has 4 rings (SSSR count). The molecular formula is C27H32FN3O2. The van der Waals surface area contributed by atoms with Gasteiger partial charge in [0.1, 0.15) is 5.82 Å². The van der Waals surface area contributed by atoms with Gasteiger partial charge in [-0.15, -0.1) is 0 Å². The fraction of sp³-hybridized carbons (Fsp3) is 0.444. The lowest BCUT2D eigenvalue weighted by Crippen LogP contribution is -2.30. The molecule has 5 nitrogen and oxygen atoms in total. The average Bonchev–Trinajstić information content (AvgIpc) is 3.29. The Bertz CT molecular complexity index is 1050. The van der Waals surface area contributed by atoms with Crippen LogP contribution in [0.25, 0.3) is 0 Å². The zero-order valence-electron chi connectivity index (χ0n) is 19.6. The summed E-state index contributed by atoms with van der Waals surface area (Å²) in [7, 11) is 4.20. The molecule has 174 valence electrons. The minimum Gasteiger partial charge on any atom is -0.339 e. The van der Waals surface area contributed by atoms with Crippen LogP contribution < -0.4 is 0 Å². The molecule has 1 atom stereocenters. The van der Waals surface area contributed by atoms with E-state index in [2.05, 4.69) is 29.1 Å². The molecule has 0 aliphatic heterocycles. The maximum atomic E-state index is 13.4. The minimum absolute atomic E-state index is 0.130. The molecule has 1 aliphatic rings. The van der Waals surface area contributed by atoms with Gasteiger partial charge in [-0.25, -0.2) is 4.39 Å². The number of halogens is 1. The zero-order valence-corrected chi connectivity index (χ0v) is 19.6. The Morgan fingerprint density at radius 1 is 1.06 bits per heavy atom. The molecule has 0 N–H and O–H groups in total. The molecule has 1 saturated carbocycles. The van der Waals surface area contributed by atoms with Crippen molar-refractivity contribution in [2.45, 2.75) is 51.5 Å². The Morgan fingerprint density at radius 2 is 1.73 bits per heavy atom. The van der Waals surface area contributed by atoms with Crippen LogP contribution in [0.5, 0.6) is 0 Å². The van der Waals surface area contributed by atoms with Crippen LogP contribution in [0.15, 0.2) is 53.1 Å². The van der Waals surface area contributed by atoms with E-state index in [-0.39, 0.29) is 17.4 Å². The van der Waals surface area contributed by atoms with Crippen LogP contribution >= 0.6 is 0 Å². The van der Waals surface area contributed by atoms with Gasteiger partial charge >= 0.3 is 0 Å². The van der Waals surface area contributed by atoms with E-state index < -0.39 is 0 Å². The van der Waals surface area contributed by atoms with Crippen molar-refractivity contribution < 1.29 is 13.7 Å². The van der Waals surface area contributed by atoms with Gasteiger partial charge in [0.05, 0.1) is 0 Å². The van der Waals surface area contributed by atoms with Gasteiger partial charge in [0, 0.05) is 18.0 Å². The first-order chi connectivity index (χ1) is 15.9. The Labute approximate surface area is 195 Å². The van der Waals surface area contributed by atoms with Gasteiger partial charge in [0.15, 0.2) is 0 Å². The van der Waals surface area contributed by atoms with Crippen LogP contribution in [0.2, 0.25) is 0 Å². The molecule has 1 fully saturated rings. The van der Waals surface area contributed by atoms with Crippen molar-refractivity contribution in [2.24, 2.45) is 11.8 Å². The fourth-order valence-corrected chi connectivity index (χ4v) is 5.05. The summed E-state index contributed by atoms with van der Waals surface area (Å²) >= 11 is 0. The first-order valence-electron chi connectivity index (χ1n) is 11.8. The topological polar surface area (TPSA) is 59.2 Å². The van der Waals surface area contributed by atoms with Crippen LogP contribution in [0.3, 0.4) is 0 Å². The van der Waals surface area contributed by atoms with Gasteiger partial charge in [-0.1, -0.05) is 60.0 Å². The Hall–Kier alpha value is -2.86. The van der Waals surface area contributed by atoms with Crippen molar-refractivity contribution in [2.75, 3.05) is 14.1 Å². The SMILES string of the molecule is Cc1ccc(C(=O)c2noc(CCC3CCC(C(c4ccc(F)cc4)N(C)C)CC3)n2)cc1. The van der Waals surface area contributed by atoms with Crippen molar-refractivity contribution in [1.82, 2.24) is 15.0 Å². The van der Waals surface area contributed by atoms with Crippen LogP contribution in [-0.2, 0) is 6.42 Å². The third kappa shape index (κ3) is 5.74. The quantitative estimate of drug-likeness (QED) is 0.407. The van der Waals surface area contributed by atoms with Crippen molar-refractivity contribution in [3.05, 3.63) is 82.8 Å². The van der Waals surface area contributed by atoms with Crippen molar-refractivity contribution in [3.8, 4) is 0 Å². The van der Waals surface area contributed by atoms with E-state index in [1.165, 1.54) is 5.56 Å². The van der Waals surface area contributed by atoms with Gasteiger partial charge < -0.3 is 9.42 Å². The van der Waals surface area contributed by atoms with Gasteiger partial charge in [-0.3, -0.25) is 4.79 Å². The monoisotopic (exact) mass is 449 g/mol. The summed E-state index contributed by atoms with van der Waals surface area (Å²) in [5.41, 5.74) is 2.86. The highest BCUT2D eigenvalue weighted by Crippen LogP contribution is 2.40. The number of aromatic nitrogens is 2. The lowest BCUT2D eigenvalue weighted by Gasteiger charge is -2.37. The van der Waals surface area contributed by atoms with E-state index in [1.807, 2.05) is 31.2 Å². The zero-order chi connectivity index (χ0) is 23.4. The van der Waals surface area contributed by atoms with E-state index in [9.17, 15) is 9.18 Å². The van der Waals surface area contributed by atoms with E-state index >= 15 is 0 Å². The highest BCUT2D eigenvalue weighted by Gasteiger charge is 2.30. The molecule has 2 aromatic carbocycles. The molecule has 33 heavy (non-hydrogen) atoms. The van der Waals surface area contributed by atoms with Crippen LogP contribution in [-0.4, -0.2) is 34.9 Å². The molecule has 1 heterocycles. The molecule has 1 unspecified atom stereocenters. The predicted octanol–water partition coefficient (Wildman–Crippen LogP) is 5.79. The summed E-state index contributed by atoms with van der Waals surface area (Å²) in [6.07, 6.45) is 6.27. The normalized spacial score (nSPS) is 19.5. The first-order valence-corrected chi connectivity index (χ1v) is 11.8. The smallest absolute Gasteiger partial charge is 0.243 e. The molecule has 0 spiro atoms. The molecule has 1 aromatic heterocycles. The summed E-state index contributed by atoms with van der Waals surface area (Å²) in [5, 5.41) is 3.91. The second-order valence-electron chi connectivity index (χ2n) is 9.49. The van der Waals surface area contributed by atoms with Crippen molar-refractivity contribution >= 4 is 5.78 Å². The van der Waals surface area contributed by atoms with Gasteiger partial charge in [-0.05, 0) is 69.8 Å². The highest BCUT2D eigenvalue weighted by atomic mass is 19.1. The number of benzene rings is 2. The Balaban J connectivity index is 1.29. The predicted molar refractivity (Wildman–Crippen MR) is 126 cm³/mol. The summed E-state index contributed by atoms with van der Waals surface area (Å²) in [5.74, 6) is 1.44. The molecule has 0 bridgehead atoms. The number of carbonyl (C=O) groups excluding carboxylic acids is 1. The number of hydrogen-bond donors (Lipinski definition) is 0. The molecule has 0 saturated heterocycles. The second-order valence-corrected chi connectivity index (χ2v) is 9.49. The third-order valence-corrected chi connectivity index (χ3v) is 6.86. The average molecular weight is 450 g/mol. The van der Waals surface area contributed by atoms with Crippen LogP contribution in [0.1, 0.15) is 71.3 Å². The highest BCUT2D eigenvalue weighted by molar-refractivity contribution is 6.06. The van der Waals surface area contributed by atoms with Gasteiger partial charge in [0.2, 0.25) is 17.5 Å². The lowest BCUT2D eigenvalue weighted by atomic mass is 9.75. The van der Waals surface area contributed by atoms with Crippen LogP contribution in [0, 0.1) is 24.6 Å². The number of ketones is 1. The Kier molecular flexibility index (Phi) is 7.33. The van der Waals surface area contributed by atoms with Crippen molar-refractivity contribution in [3.63, 3.8) is 0 Å². The number of nitrogens with zero attached hydrogens (tertiary/aromatic N) is 3. The molecule has 3 aromatic rings. The maximum absolute atomic E-state index is 13.4. The largest absolute Gasteiger partial charge is 0.339 e. The lowest BCUT2D eigenvalue weighted by molar-refractivity contribution is 0.102. The van der Waals surface area contributed by atoms with Gasteiger partial charge in [-0.2, -0.15) is 4.98 Å². The van der Waals surface area contributed by atoms with E-state index in [0.29, 0.717) is 35.8 Å². The number of hydrogen-bond acceptors (Lipinski definition) is 5. The molecule has 1 aliphatic carbocycles. The third-order valence-electron chi connectivity index (χ3n) is 6.86. The molecule has 0 amide bonds. The summed E-state index contributed by atoms with van der Waals surface area (Å²) in [4.78, 5) is 19.2. The number of rotatable bonds is 8. The van der Waals surface area contributed by atoms with Gasteiger partial charge in [0.25, 0.3) is 0 Å². The summed E-state index contributed by atoms with van der Waals surface area (Å²) in [6, 6.07) is 14.6. The fourth-order valence-electron chi connectivity index (χ4n) is 5.05. The first kappa shape index (κ1) is 23.3. The molecule has 6 heteroatoms.